The summed E-state index contributed by atoms with van der Waals surface area (Å²) in [5, 5.41) is 0. The van der Waals surface area contributed by atoms with Crippen LogP contribution in [-0.2, 0) is 14.3 Å². The van der Waals surface area contributed by atoms with Crippen LogP contribution >= 0.6 is 22.6 Å². The van der Waals surface area contributed by atoms with Crippen molar-refractivity contribution in [3.63, 3.8) is 0 Å². The number of rotatable bonds is 6. The van der Waals surface area contributed by atoms with Crippen LogP contribution in [-0.4, -0.2) is 52.2 Å². The van der Waals surface area contributed by atoms with Gasteiger partial charge in [0.15, 0.2) is 6.61 Å². The molecule has 0 bridgehead atoms. The van der Waals surface area contributed by atoms with Gasteiger partial charge in [-0.15, -0.1) is 0 Å². The number of esters is 1. The number of carbonyl (C=O) groups is 1. The van der Waals surface area contributed by atoms with Crippen molar-refractivity contribution in [3.05, 3.63) is 51.6 Å². The standard InChI is InChI=1S/C20H21IN2O4/c1-25-20(24)14-27-19-7-2-15(12-18(19)21)13-22-16-3-5-17(6-4-16)23-8-10-26-11-9-23/h2-7,12-13H,8-11,14H2,1H3. The van der Waals surface area contributed by atoms with Crippen LogP contribution in [0.1, 0.15) is 5.56 Å². The SMILES string of the molecule is COC(=O)COc1ccc(C=Nc2ccc(N3CCOCC3)cc2)cc1I. The van der Waals surface area contributed by atoms with Crippen molar-refractivity contribution in [2.75, 3.05) is 44.9 Å². The van der Waals surface area contributed by atoms with E-state index in [4.69, 9.17) is 9.47 Å². The molecule has 7 heteroatoms. The Morgan fingerprint density at radius 3 is 2.63 bits per heavy atom. The average Bonchev–Trinajstić information content (AvgIpc) is 2.72. The summed E-state index contributed by atoms with van der Waals surface area (Å²) in [6.45, 7) is 3.29. The van der Waals surface area contributed by atoms with Gasteiger partial charge >= 0.3 is 5.97 Å². The lowest BCUT2D eigenvalue weighted by atomic mass is 10.2. The lowest BCUT2D eigenvalue weighted by molar-refractivity contribution is -0.142. The fourth-order valence-electron chi connectivity index (χ4n) is 2.63. The van der Waals surface area contributed by atoms with Crippen molar-refractivity contribution < 1.29 is 19.0 Å². The molecule has 2 aromatic rings. The molecule has 0 spiro atoms. The van der Waals surface area contributed by atoms with Crippen LogP contribution in [0.25, 0.3) is 0 Å². The van der Waals surface area contributed by atoms with Gasteiger partial charge in [0.2, 0.25) is 0 Å². The number of hydrogen-bond donors (Lipinski definition) is 0. The van der Waals surface area contributed by atoms with Crippen molar-refractivity contribution >= 4 is 46.1 Å². The predicted octanol–water partition coefficient (Wildman–Crippen LogP) is 3.43. The van der Waals surface area contributed by atoms with E-state index < -0.39 is 5.97 Å². The Morgan fingerprint density at radius 2 is 1.96 bits per heavy atom. The maximum Gasteiger partial charge on any atom is 0.343 e. The third-order valence-electron chi connectivity index (χ3n) is 4.12. The van der Waals surface area contributed by atoms with Crippen LogP contribution in [0.15, 0.2) is 47.5 Å². The van der Waals surface area contributed by atoms with Crippen LogP contribution in [0, 0.1) is 3.57 Å². The average molecular weight is 480 g/mol. The molecular weight excluding hydrogens is 459 g/mol. The number of ether oxygens (including phenoxy) is 3. The number of carbonyl (C=O) groups excluding carboxylic acids is 1. The molecule has 2 aromatic carbocycles. The molecule has 3 rings (SSSR count). The number of aliphatic imine (C=N–C) groups is 1. The largest absolute Gasteiger partial charge is 0.481 e. The predicted molar refractivity (Wildman–Crippen MR) is 113 cm³/mol. The Kier molecular flexibility index (Phi) is 7.05. The summed E-state index contributed by atoms with van der Waals surface area (Å²) >= 11 is 2.17. The second kappa shape index (κ2) is 9.70. The van der Waals surface area contributed by atoms with E-state index in [0.29, 0.717) is 5.75 Å². The molecule has 0 radical (unpaired) electrons. The molecular formula is C20H21IN2O4. The van der Waals surface area contributed by atoms with E-state index in [1.54, 1.807) is 0 Å². The maximum absolute atomic E-state index is 11.2. The van der Waals surface area contributed by atoms with E-state index >= 15 is 0 Å². The summed E-state index contributed by atoms with van der Waals surface area (Å²) in [6, 6.07) is 13.9. The minimum atomic E-state index is -0.406. The molecule has 1 heterocycles. The Balaban J connectivity index is 1.61. The topological polar surface area (TPSA) is 60.4 Å². The Labute approximate surface area is 172 Å². The Morgan fingerprint density at radius 1 is 1.22 bits per heavy atom. The second-order valence-corrected chi connectivity index (χ2v) is 7.09. The summed E-state index contributed by atoms with van der Waals surface area (Å²) in [7, 11) is 1.34. The number of nitrogens with zero attached hydrogens (tertiary/aromatic N) is 2. The molecule has 1 saturated heterocycles. The zero-order chi connectivity index (χ0) is 19.1. The van der Waals surface area contributed by atoms with Gasteiger partial charge < -0.3 is 19.1 Å². The van der Waals surface area contributed by atoms with E-state index in [-0.39, 0.29) is 6.61 Å². The van der Waals surface area contributed by atoms with Crippen LogP contribution < -0.4 is 9.64 Å². The number of methoxy groups -OCH3 is 1. The lowest BCUT2D eigenvalue weighted by Crippen LogP contribution is -2.36. The van der Waals surface area contributed by atoms with Crippen LogP contribution in [0.4, 0.5) is 11.4 Å². The second-order valence-electron chi connectivity index (χ2n) is 5.93. The molecule has 1 fully saturated rings. The molecule has 0 aromatic heterocycles. The van der Waals surface area contributed by atoms with Crippen molar-refractivity contribution in [1.29, 1.82) is 0 Å². The number of anilines is 1. The molecule has 1 aliphatic rings. The van der Waals surface area contributed by atoms with Gasteiger partial charge in [0.05, 0.1) is 29.6 Å². The molecule has 0 amide bonds. The zero-order valence-electron chi connectivity index (χ0n) is 15.1. The first-order chi connectivity index (χ1) is 13.2. The molecule has 0 unspecified atom stereocenters. The van der Waals surface area contributed by atoms with Gasteiger partial charge in [-0.2, -0.15) is 0 Å². The summed E-state index contributed by atoms with van der Waals surface area (Å²) in [5.41, 5.74) is 3.05. The summed E-state index contributed by atoms with van der Waals surface area (Å²) < 4.78 is 16.3. The minimum absolute atomic E-state index is 0.102. The smallest absolute Gasteiger partial charge is 0.343 e. The fourth-order valence-corrected chi connectivity index (χ4v) is 3.33. The van der Waals surface area contributed by atoms with Crippen molar-refractivity contribution in [1.82, 2.24) is 0 Å². The van der Waals surface area contributed by atoms with Crippen molar-refractivity contribution in [2.24, 2.45) is 4.99 Å². The van der Waals surface area contributed by atoms with Crippen LogP contribution in [0.3, 0.4) is 0 Å². The molecule has 142 valence electrons. The highest BCUT2D eigenvalue weighted by Crippen LogP contribution is 2.23. The molecule has 0 atom stereocenters. The molecule has 27 heavy (non-hydrogen) atoms. The van der Waals surface area contributed by atoms with E-state index in [9.17, 15) is 4.79 Å². The first-order valence-corrected chi connectivity index (χ1v) is 9.69. The Hall–Kier alpha value is -2.13. The van der Waals surface area contributed by atoms with E-state index in [1.807, 2.05) is 36.5 Å². The molecule has 0 aliphatic carbocycles. The highest BCUT2D eigenvalue weighted by atomic mass is 127. The molecule has 6 nitrogen and oxygen atoms in total. The molecule has 0 saturated carbocycles. The normalized spacial score (nSPS) is 14.4. The molecule has 0 N–H and O–H groups in total. The van der Waals surface area contributed by atoms with Gasteiger partial charge in [0, 0.05) is 25.0 Å². The number of halogens is 1. The monoisotopic (exact) mass is 480 g/mol. The van der Waals surface area contributed by atoms with Crippen LogP contribution in [0.5, 0.6) is 5.75 Å². The first kappa shape index (κ1) is 19.6. The summed E-state index contributed by atoms with van der Waals surface area (Å²) in [5.74, 6) is 0.241. The third kappa shape index (κ3) is 5.67. The quantitative estimate of drug-likeness (QED) is 0.360. The van der Waals surface area contributed by atoms with Gasteiger partial charge in [0.1, 0.15) is 5.75 Å². The molecule has 1 aliphatic heterocycles. The summed E-state index contributed by atoms with van der Waals surface area (Å²) in [6.07, 6.45) is 1.82. The Bertz CT molecular complexity index is 802. The lowest BCUT2D eigenvalue weighted by Gasteiger charge is -2.28. The van der Waals surface area contributed by atoms with Gasteiger partial charge in [-0.1, -0.05) is 0 Å². The van der Waals surface area contributed by atoms with Gasteiger partial charge in [-0.05, 0) is 70.6 Å². The summed E-state index contributed by atoms with van der Waals surface area (Å²) in [4.78, 5) is 18.0. The highest BCUT2D eigenvalue weighted by molar-refractivity contribution is 14.1. The van der Waals surface area contributed by atoms with Gasteiger partial charge in [-0.25, -0.2) is 4.79 Å². The minimum Gasteiger partial charge on any atom is -0.481 e. The number of benzene rings is 2. The third-order valence-corrected chi connectivity index (χ3v) is 4.96. The highest BCUT2D eigenvalue weighted by Gasteiger charge is 2.10. The van der Waals surface area contributed by atoms with Crippen molar-refractivity contribution in [2.45, 2.75) is 0 Å². The van der Waals surface area contributed by atoms with Gasteiger partial charge in [-0.3, -0.25) is 4.99 Å². The van der Waals surface area contributed by atoms with E-state index in [2.05, 4.69) is 49.4 Å². The number of morpholine rings is 1. The number of hydrogen-bond acceptors (Lipinski definition) is 6. The van der Waals surface area contributed by atoms with Crippen LogP contribution in [0.2, 0.25) is 0 Å². The first-order valence-electron chi connectivity index (χ1n) is 8.62. The maximum atomic E-state index is 11.2. The van der Waals surface area contributed by atoms with Crippen molar-refractivity contribution in [3.8, 4) is 5.75 Å². The van der Waals surface area contributed by atoms with E-state index in [0.717, 1.165) is 41.1 Å². The van der Waals surface area contributed by atoms with Gasteiger partial charge in [0.25, 0.3) is 0 Å². The fraction of sp³-hybridized carbons (Fsp3) is 0.300. The van der Waals surface area contributed by atoms with E-state index in [1.165, 1.54) is 12.8 Å². The zero-order valence-corrected chi connectivity index (χ0v) is 17.2.